The molecule has 0 unspecified atom stereocenters. The van der Waals surface area contributed by atoms with Gasteiger partial charge in [-0.05, 0) is 50.5 Å². The summed E-state index contributed by atoms with van der Waals surface area (Å²) in [5, 5.41) is 3.31. The van der Waals surface area contributed by atoms with Crippen molar-refractivity contribution in [2.24, 2.45) is 5.92 Å². The molecule has 0 saturated carbocycles. The number of anilines is 1. The third kappa shape index (κ3) is 3.49. The summed E-state index contributed by atoms with van der Waals surface area (Å²) in [4.78, 5) is 16.9. The van der Waals surface area contributed by atoms with Crippen molar-refractivity contribution < 1.29 is 13.2 Å². The third-order valence-corrected chi connectivity index (χ3v) is 8.00. The molecular weight excluding hydrogens is 382 g/mol. The molecule has 144 valence electrons. The highest BCUT2D eigenvalue weighted by Crippen LogP contribution is 2.31. The monoisotopic (exact) mass is 405 g/mol. The van der Waals surface area contributed by atoms with Crippen LogP contribution in [-0.2, 0) is 10.0 Å². The first-order chi connectivity index (χ1) is 12.8. The van der Waals surface area contributed by atoms with Crippen LogP contribution in [0, 0.1) is 19.8 Å². The first-order valence-corrected chi connectivity index (χ1v) is 11.4. The predicted octanol–water partition coefficient (Wildman–Crippen LogP) is 2.95. The van der Waals surface area contributed by atoms with Crippen molar-refractivity contribution in [1.82, 2.24) is 9.62 Å². The predicted molar refractivity (Wildman–Crippen MR) is 107 cm³/mol. The molecule has 1 aromatic carbocycles. The van der Waals surface area contributed by atoms with E-state index in [4.69, 9.17) is 0 Å². The lowest BCUT2D eigenvalue weighted by Gasteiger charge is -2.39. The van der Waals surface area contributed by atoms with Gasteiger partial charge in [0.25, 0.3) is 5.91 Å². The molecule has 4 rings (SSSR count). The lowest BCUT2D eigenvalue weighted by atomic mass is 9.94. The van der Waals surface area contributed by atoms with E-state index < -0.39 is 16.2 Å². The Kier molecular flexibility index (Phi) is 4.73. The maximum atomic E-state index is 12.9. The number of amides is 1. The normalized spacial score (nSPS) is 24.1. The molecule has 2 N–H and O–H groups in total. The summed E-state index contributed by atoms with van der Waals surface area (Å²) in [6.45, 7) is 5.28. The highest BCUT2D eigenvalue weighted by atomic mass is 32.2. The topological polar surface area (TPSA) is 78.5 Å². The highest BCUT2D eigenvalue weighted by molar-refractivity contribution is 7.89. The Morgan fingerprint density at radius 3 is 2.78 bits per heavy atom. The number of likely N-dealkylation sites (tertiary alicyclic amines) is 1. The first kappa shape index (κ1) is 18.5. The number of aryl methyl sites for hydroxylation is 2. The summed E-state index contributed by atoms with van der Waals surface area (Å²) in [5.74, 6) is 0.0629. The number of carbonyl (C=O) groups excluding carboxylic acids is 1. The molecule has 2 aliphatic rings. The smallest absolute Gasteiger partial charge is 0.263 e. The van der Waals surface area contributed by atoms with Gasteiger partial charge in [0.1, 0.15) is 4.90 Å². The second kappa shape index (κ2) is 6.92. The molecule has 1 amide bonds. The number of nitrogens with zero attached hydrogens (tertiary/aromatic N) is 1. The molecule has 2 aliphatic heterocycles. The van der Waals surface area contributed by atoms with E-state index in [2.05, 4.69) is 10.0 Å². The Morgan fingerprint density at radius 1 is 1.26 bits per heavy atom. The number of hydrogen-bond donors (Lipinski definition) is 2. The lowest BCUT2D eigenvalue weighted by Crippen LogP contribution is -2.54. The third-order valence-electron chi connectivity index (χ3n) is 5.36. The van der Waals surface area contributed by atoms with E-state index in [-0.39, 0.29) is 16.7 Å². The Labute approximate surface area is 163 Å². The first-order valence-electron chi connectivity index (χ1n) is 9.09. The van der Waals surface area contributed by atoms with Gasteiger partial charge in [-0.15, -0.1) is 11.3 Å². The minimum Gasteiger partial charge on any atom is -0.368 e. The molecule has 2 aromatic rings. The standard InChI is InChI=1S/C19H23N3O3S2/c1-12-10-16(26-13(12)2)19(23)22-9-5-6-14(11-22)18-20-15-7-3-4-8-17(15)27(24,25)21-18/h3-4,7-8,10,14,18,20-21H,5-6,9,11H2,1-2H3/t14-,18-/m1/s1. The number of sulfonamides is 1. The number of nitrogens with one attached hydrogen (secondary N) is 2. The summed E-state index contributed by atoms with van der Waals surface area (Å²) in [6.07, 6.45) is 1.32. The fourth-order valence-electron chi connectivity index (χ4n) is 3.76. The zero-order chi connectivity index (χ0) is 19.2. The Morgan fingerprint density at radius 2 is 2.04 bits per heavy atom. The molecule has 0 spiro atoms. The van der Waals surface area contributed by atoms with Crippen molar-refractivity contribution in [3.05, 3.63) is 45.6 Å². The van der Waals surface area contributed by atoms with Crippen LogP contribution in [-0.4, -0.2) is 38.5 Å². The van der Waals surface area contributed by atoms with Crippen molar-refractivity contribution in [2.45, 2.75) is 37.8 Å². The van der Waals surface area contributed by atoms with Crippen LogP contribution in [0.15, 0.2) is 35.2 Å². The van der Waals surface area contributed by atoms with Crippen molar-refractivity contribution in [1.29, 1.82) is 0 Å². The molecule has 27 heavy (non-hydrogen) atoms. The van der Waals surface area contributed by atoms with Gasteiger partial charge >= 0.3 is 0 Å². The maximum Gasteiger partial charge on any atom is 0.263 e. The van der Waals surface area contributed by atoms with Crippen molar-refractivity contribution in [3.8, 4) is 0 Å². The molecule has 3 heterocycles. The molecule has 1 saturated heterocycles. The van der Waals surface area contributed by atoms with Crippen LogP contribution in [0.3, 0.4) is 0 Å². The van der Waals surface area contributed by atoms with Gasteiger partial charge in [0.15, 0.2) is 0 Å². The summed E-state index contributed by atoms with van der Waals surface area (Å²) in [6, 6.07) is 8.86. The molecule has 0 radical (unpaired) electrons. The van der Waals surface area contributed by atoms with Crippen LogP contribution in [0.25, 0.3) is 0 Å². The van der Waals surface area contributed by atoms with Gasteiger partial charge in [-0.1, -0.05) is 12.1 Å². The number of hydrogen-bond acceptors (Lipinski definition) is 5. The van der Waals surface area contributed by atoms with Crippen molar-refractivity contribution in [3.63, 3.8) is 0 Å². The second-order valence-electron chi connectivity index (χ2n) is 7.24. The van der Waals surface area contributed by atoms with Crippen LogP contribution < -0.4 is 10.0 Å². The molecule has 1 aromatic heterocycles. The van der Waals surface area contributed by atoms with Gasteiger partial charge in [-0.2, -0.15) is 4.72 Å². The average Bonchev–Trinajstić information content (AvgIpc) is 2.99. The molecular formula is C19H23N3O3S2. The summed E-state index contributed by atoms with van der Waals surface area (Å²) < 4.78 is 27.9. The van der Waals surface area contributed by atoms with Crippen LogP contribution >= 0.6 is 11.3 Å². The number of thiophene rings is 1. The summed E-state index contributed by atoms with van der Waals surface area (Å²) in [7, 11) is -3.55. The lowest BCUT2D eigenvalue weighted by molar-refractivity contribution is 0.0663. The van der Waals surface area contributed by atoms with E-state index in [0.29, 0.717) is 18.8 Å². The van der Waals surface area contributed by atoms with E-state index in [0.717, 1.165) is 28.2 Å². The number of para-hydroxylation sites is 1. The largest absolute Gasteiger partial charge is 0.368 e. The van der Waals surface area contributed by atoms with Crippen LogP contribution in [0.2, 0.25) is 0 Å². The number of benzene rings is 1. The molecule has 8 heteroatoms. The second-order valence-corrected chi connectivity index (χ2v) is 10.2. The van der Waals surface area contributed by atoms with E-state index >= 15 is 0 Å². The van der Waals surface area contributed by atoms with Crippen molar-refractivity contribution in [2.75, 3.05) is 18.4 Å². The SMILES string of the molecule is Cc1cc(C(=O)N2CCC[C@@H]([C@@H]3Nc4ccccc4S(=O)(=O)N3)C2)sc1C. The van der Waals surface area contributed by atoms with Crippen LogP contribution in [0.4, 0.5) is 5.69 Å². The van der Waals surface area contributed by atoms with Gasteiger partial charge < -0.3 is 10.2 Å². The van der Waals surface area contributed by atoms with Gasteiger partial charge in [-0.3, -0.25) is 4.79 Å². The fraction of sp³-hybridized carbons (Fsp3) is 0.421. The minimum atomic E-state index is -3.55. The van der Waals surface area contributed by atoms with Gasteiger partial charge in [0.05, 0.1) is 16.7 Å². The Hall–Kier alpha value is -1.90. The number of carbonyl (C=O) groups is 1. The molecule has 0 bridgehead atoms. The summed E-state index contributed by atoms with van der Waals surface area (Å²) in [5.41, 5.74) is 1.75. The van der Waals surface area contributed by atoms with Gasteiger partial charge in [0.2, 0.25) is 10.0 Å². The molecule has 6 nitrogen and oxygen atoms in total. The van der Waals surface area contributed by atoms with Crippen LogP contribution in [0.1, 0.15) is 33.0 Å². The van der Waals surface area contributed by atoms with E-state index in [1.165, 1.54) is 11.3 Å². The van der Waals surface area contributed by atoms with Crippen LogP contribution in [0.5, 0.6) is 0 Å². The van der Waals surface area contributed by atoms with E-state index in [1.807, 2.05) is 30.9 Å². The van der Waals surface area contributed by atoms with Gasteiger partial charge in [-0.25, -0.2) is 8.42 Å². The number of fused-ring (bicyclic) bond motifs is 1. The number of rotatable bonds is 2. The maximum absolute atomic E-state index is 12.9. The Balaban J connectivity index is 1.53. The minimum absolute atomic E-state index is 0.0213. The Bertz CT molecular complexity index is 964. The molecule has 2 atom stereocenters. The number of piperidine rings is 1. The molecule has 0 aliphatic carbocycles. The van der Waals surface area contributed by atoms with E-state index in [1.54, 1.807) is 18.2 Å². The summed E-state index contributed by atoms with van der Waals surface area (Å²) >= 11 is 1.53. The molecule has 1 fully saturated rings. The van der Waals surface area contributed by atoms with E-state index in [9.17, 15) is 13.2 Å². The highest BCUT2D eigenvalue weighted by Gasteiger charge is 2.36. The fourth-order valence-corrected chi connectivity index (χ4v) is 6.15. The average molecular weight is 406 g/mol. The van der Waals surface area contributed by atoms with Gasteiger partial charge in [0, 0.05) is 23.9 Å². The quantitative estimate of drug-likeness (QED) is 0.805. The zero-order valence-electron chi connectivity index (χ0n) is 15.4. The van der Waals surface area contributed by atoms with Crippen molar-refractivity contribution >= 4 is 33.0 Å². The zero-order valence-corrected chi connectivity index (χ0v) is 17.0.